The van der Waals surface area contributed by atoms with Gasteiger partial charge < -0.3 is 9.72 Å². The molecule has 21 heavy (non-hydrogen) atoms. The second-order valence-corrected chi connectivity index (χ2v) is 7.08. The number of benzene rings is 1. The van der Waals surface area contributed by atoms with Crippen molar-refractivity contribution < 1.29 is 4.74 Å². The maximum Gasteiger partial charge on any atom is 0.251 e. The summed E-state index contributed by atoms with van der Waals surface area (Å²) in [6.45, 7) is 6.89. The highest BCUT2D eigenvalue weighted by Gasteiger charge is 2.38. The monoisotopic (exact) mass is 305 g/mol. The van der Waals surface area contributed by atoms with Crippen LogP contribution in [-0.4, -0.2) is 11.6 Å². The molecule has 1 heterocycles. The predicted molar refractivity (Wildman–Crippen MR) is 86.5 cm³/mol. The first-order valence-electron chi connectivity index (χ1n) is 7.37. The summed E-state index contributed by atoms with van der Waals surface area (Å²) in [6, 6.07) is 5.61. The number of nitrogens with one attached hydrogen (secondary N) is 1. The van der Waals surface area contributed by atoms with E-state index in [1.54, 1.807) is 0 Å². The molecule has 0 saturated heterocycles. The average molecular weight is 306 g/mol. The summed E-state index contributed by atoms with van der Waals surface area (Å²) < 4.78 is 5.84. The fourth-order valence-corrected chi connectivity index (χ4v) is 2.60. The van der Waals surface area contributed by atoms with Crippen molar-refractivity contribution in [3.63, 3.8) is 0 Å². The van der Waals surface area contributed by atoms with Crippen LogP contribution in [0.5, 0.6) is 5.75 Å². The molecular weight excluding hydrogens is 286 g/mol. The van der Waals surface area contributed by atoms with Gasteiger partial charge in [-0.15, -0.1) is 0 Å². The van der Waals surface area contributed by atoms with Crippen LogP contribution in [0.3, 0.4) is 0 Å². The van der Waals surface area contributed by atoms with Gasteiger partial charge in [-0.25, -0.2) is 0 Å². The van der Waals surface area contributed by atoms with Gasteiger partial charge in [0.25, 0.3) is 5.56 Å². The smallest absolute Gasteiger partial charge is 0.251 e. The van der Waals surface area contributed by atoms with Gasteiger partial charge in [0, 0.05) is 22.4 Å². The van der Waals surface area contributed by atoms with Gasteiger partial charge in [-0.1, -0.05) is 32.4 Å². The lowest BCUT2D eigenvalue weighted by molar-refractivity contribution is 0.248. The summed E-state index contributed by atoms with van der Waals surface area (Å²) >= 11 is 6.31. The normalized spacial score (nSPS) is 16.4. The molecule has 3 nitrogen and oxygen atoms in total. The molecular formula is C17H20ClNO2. The molecule has 1 N–H and O–H groups in total. The lowest BCUT2D eigenvalue weighted by Gasteiger charge is -2.13. The van der Waals surface area contributed by atoms with Crippen molar-refractivity contribution in [2.24, 2.45) is 5.41 Å². The van der Waals surface area contributed by atoms with Crippen LogP contribution in [-0.2, 0) is 0 Å². The van der Waals surface area contributed by atoms with Crippen LogP contribution in [0.4, 0.5) is 0 Å². The van der Waals surface area contributed by atoms with Gasteiger partial charge in [0.1, 0.15) is 5.75 Å². The van der Waals surface area contributed by atoms with Crippen LogP contribution in [0.2, 0.25) is 5.02 Å². The Bertz CT molecular complexity index is 744. The van der Waals surface area contributed by atoms with E-state index in [4.69, 9.17) is 16.3 Å². The minimum absolute atomic E-state index is 0.0417. The van der Waals surface area contributed by atoms with E-state index < -0.39 is 0 Å². The van der Waals surface area contributed by atoms with E-state index in [-0.39, 0.29) is 11.5 Å². The Labute approximate surface area is 129 Å². The van der Waals surface area contributed by atoms with Crippen LogP contribution < -0.4 is 10.3 Å². The third kappa shape index (κ3) is 2.93. The van der Waals surface area contributed by atoms with Crippen molar-refractivity contribution in [3.05, 3.63) is 39.1 Å². The molecule has 1 aromatic heterocycles. The van der Waals surface area contributed by atoms with Gasteiger partial charge in [0.05, 0.1) is 17.1 Å². The van der Waals surface area contributed by atoms with Crippen molar-refractivity contribution in [1.82, 2.24) is 4.98 Å². The minimum atomic E-state index is -0.0417. The first-order valence-corrected chi connectivity index (χ1v) is 7.75. The summed E-state index contributed by atoms with van der Waals surface area (Å²) in [7, 11) is 0. The number of aromatic nitrogens is 1. The summed E-state index contributed by atoms with van der Waals surface area (Å²) in [6.07, 6.45) is 2.40. The predicted octanol–water partition coefficient (Wildman–Crippen LogP) is 4.48. The van der Waals surface area contributed by atoms with E-state index in [9.17, 15) is 4.79 Å². The molecule has 1 saturated carbocycles. The number of hydrogen-bond donors (Lipinski definition) is 1. The van der Waals surface area contributed by atoms with Crippen molar-refractivity contribution in [3.8, 4) is 5.75 Å². The van der Waals surface area contributed by atoms with Gasteiger partial charge >= 0.3 is 0 Å². The molecule has 0 spiro atoms. The molecule has 1 fully saturated rings. The van der Waals surface area contributed by atoms with Gasteiger partial charge in [-0.3, -0.25) is 4.79 Å². The van der Waals surface area contributed by atoms with E-state index in [2.05, 4.69) is 11.9 Å². The Balaban J connectivity index is 1.98. The third-order valence-electron chi connectivity index (χ3n) is 4.23. The summed E-state index contributed by atoms with van der Waals surface area (Å²) in [5, 5.41) is 1.53. The topological polar surface area (TPSA) is 42.1 Å². The lowest BCUT2D eigenvalue weighted by atomic mass is 10.0. The SMILES string of the molecule is CC(C)c1cc2cc(Cl)c(OCC3(C)CC3)cc2[nH]c1=O. The van der Waals surface area contributed by atoms with E-state index in [1.165, 1.54) is 12.8 Å². The highest BCUT2D eigenvalue weighted by atomic mass is 35.5. The highest BCUT2D eigenvalue weighted by molar-refractivity contribution is 6.32. The fourth-order valence-electron chi connectivity index (χ4n) is 2.37. The first-order chi connectivity index (χ1) is 9.88. The molecule has 0 unspecified atom stereocenters. The molecule has 1 aliphatic carbocycles. The van der Waals surface area contributed by atoms with Crippen LogP contribution >= 0.6 is 11.6 Å². The molecule has 0 bridgehead atoms. The maximum absolute atomic E-state index is 12.1. The quantitative estimate of drug-likeness (QED) is 0.904. The number of hydrogen-bond acceptors (Lipinski definition) is 2. The second kappa shape index (κ2) is 5.06. The fraction of sp³-hybridized carbons (Fsp3) is 0.471. The molecule has 0 amide bonds. The Morgan fingerprint density at radius 3 is 2.67 bits per heavy atom. The Hall–Kier alpha value is -1.48. The number of aromatic amines is 1. The molecule has 2 aromatic rings. The minimum Gasteiger partial charge on any atom is -0.491 e. The zero-order valence-corrected chi connectivity index (χ0v) is 13.4. The lowest BCUT2D eigenvalue weighted by Crippen LogP contribution is -2.14. The molecule has 1 aliphatic rings. The highest BCUT2D eigenvalue weighted by Crippen LogP contribution is 2.45. The summed E-state index contributed by atoms with van der Waals surface area (Å²) in [5.74, 6) is 0.827. The number of H-pyrrole nitrogens is 1. The van der Waals surface area contributed by atoms with Crippen molar-refractivity contribution in [2.75, 3.05) is 6.61 Å². The van der Waals surface area contributed by atoms with Gasteiger partial charge in [-0.05, 0) is 30.9 Å². The van der Waals surface area contributed by atoms with Crippen LogP contribution in [0.1, 0.15) is 45.1 Å². The molecule has 1 aromatic carbocycles. The molecule has 4 heteroatoms. The van der Waals surface area contributed by atoms with Crippen molar-refractivity contribution in [2.45, 2.75) is 39.5 Å². The van der Waals surface area contributed by atoms with E-state index in [1.807, 2.05) is 32.0 Å². The Kier molecular flexibility index (Phi) is 3.48. The summed E-state index contributed by atoms with van der Waals surface area (Å²) in [4.78, 5) is 15.0. The van der Waals surface area contributed by atoms with Crippen LogP contribution in [0.15, 0.2) is 23.0 Å². The van der Waals surface area contributed by atoms with Crippen LogP contribution in [0, 0.1) is 5.41 Å². The zero-order chi connectivity index (χ0) is 15.2. The number of fused-ring (bicyclic) bond motifs is 1. The first kappa shape index (κ1) is 14.5. The van der Waals surface area contributed by atoms with E-state index in [0.29, 0.717) is 22.8 Å². The van der Waals surface area contributed by atoms with Crippen molar-refractivity contribution >= 4 is 22.5 Å². The zero-order valence-electron chi connectivity index (χ0n) is 12.6. The molecule has 0 aliphatic heterocycles. The molecule has 112 valence electrons. The van der Waals surface area contributed by atoms with Gasteiger partial charge in [0.2, 0.25) is 0 Å². The Morgan fingerprint density at radius 2 is 2.05 bits per heavy atom. The molecule has 3 rings (SSSR count). The summed E-state index contributed by atoms with van der Waals surface area (Å²) in [5.41, 5.74) is 1.80. The number of ether oxygens (including phenoxy) is 1. The molecule has 0 atom stereocenters. The Morgan fingerprint density at radius 1 is 1.33 bits per heavy atom. The number of pyridine rings is 1. The van der Waals surface area contributed by atoms with Gasteiger partial charge in [-0.2, -0.15) is 0 Å². The van der Waals surface area contributed by atoms with E-state index in [0.717, 1.165) is 16.5 Å². The average Bonchev–Trinajstić information content (AvgIpc) is 3.14. The van der Waals surface area contributed by atoms with Gasteiger partial charge in [0.15, 0.2) is 0 Å². The standard InChI is InChI=1S/C17H20ClNO2/c1-10(2)12-6-11-7-13(18)15(8-14(11)19-16(12)20)21-9-17(3)4-5-17/h6-8,10H,4-5,9H2,1-3H3,(H,19,20). The second-order valence-electron chi connectivity index (χ2n) is 6.68. The third-order valence-corrected chi connectivity index (χ3v) is 4.52. The number of rotatable bonds is 4. The maximum atomic E-state index is 12.1. The van der Waals surface area contributed by atoms with Crippen molar-refractivity contribution in [1.29, 1.82) is 0 Å². The molecule has 0 radical (unpaired) electrons. The van der Waals surface area contributed by atoms with E-state index >= 15 is 0 Å². The number of halogens is 1. The largest absolute Gasteiger partial charge is 0.491 e. The van der Waals surface area contributed by atoms with Crippen LogP contribution in [0.25, 0.3) is 10.9 Å².